The second kappa shape index (κ2) is 5.54. The first-order valence-electron chi connectivity index (χ1n) is 6.85. The third-order valence-corrected chi connectivity index (χ3v) is 5.00. The highest BCUT2D eigenvalue weighted by Crippen LogP contribution is 2.33. The van der Waals surface area contributed by atoms with Gasteiger partial charge in [-0.15, -0.1) is 11.3 Å². The summed E-state index contributed by atoms with van der Waals surface area (Å²) in [7, 11) is 1.64. The van der Waals surface area contributed by atoms with Crippen molar-refractivity contribution in [3.63, 3.8) is 0 Å². The summed E-state index contributed by atoms with van der Waals surface area (Å²) >= 11 is 1.46. The van der Waals surface area contributed by atoms with E-state index in [4.69, 9.17) is 4.74 Å². The third-order valence-electron chi connectivity index (χ3n) is 4.14. The molecule has 0 aromatic carbocycles. The minimum Gasteiger partial charge on any atom is -0.383 e. The van der Waals surface area contributed by atoms with Gasteiger partial charge in [0.05, 0.1) is 23.6 Å². The molecule has 2 atom stereocenters. The van der Waals surface area contributed by atoms with Crippen molar-refractivity contribution in [3.8, 4) is 0 Å². The Morgan fingerprint density at radius 1 is 1.50 bits per heavy atom. The summed E-state index contributed by atoms with van der Waals surface area (Å²) in [6, 6.07) is 3.94. The van der Waals surface area contributed by atoms with Crippen molar-refractivity contribution in [3.05, 3.63) is 22.4 Å². The number of carbonyl (C=O) groups excluding carboxylic acids is 2. The number of fused-ring (bicyclic) bond motifs is 1. The highest BCUT2D eigenvalue weighted by atomic mass is 32.1. The Balaban J connectivity index is 1.73. The molecule has 2 fully saturated rings. The van der Waals surface area contributed by atoms with Crippen LogP contribution >= 0.6 is 11.3 Å². The lowest BCUT2D eigenvalue weighted by atomic mass is 10.1. The second-order valence-corrected chi connectivity index (χ2v) is 6.13. The zero-order chi connectivity index (χ0) is 14.1. The van der Waals surface area contributed by atoms with E-state index in [1.807, 2.05) is 27.3 Å². The average molecular weight is 294 g/mol. The Morgan fingerprint density at radius 2 is 2.35 bits per heavy atom. The monoisotopic (exact) mass is 294 g/mol. The Kier molecular flexibility index (Phi) is 3.76. The molecular formula is C14H18N2O3S. The van der Waals surface area contributed by atoms with E-state index in [9.17, 15) is 9.59 Å². The maximum atomic E-state index is 12.5. The van der Waals surface area contributed by atoms with Crippen LogP contribution in [0.15, 0.2) is 17.5 Å². The van der Waals surface area contributed by atoms with Gasteiger partial charge in [0.15, 0.2) is 0 Å². The number of thiophene rings is 1. The van der Waals surface area contributed by atoms with Crippen LogP contribution < -0.4 is 0 Å². The van der Waals surface area contributed by atoms with Crippen LogP contribution in [-0.4, -0.2) is 60.5 Å². The van der Waals surface area contributed by atoms with Crippen molar-refractivity contribution in [1.82, 2.24) is 9.80 Å². The topological polar surface area (TPSA) is 49.9 Å². The van der Waals surface area contributed by atoms with Gasteiger partial charge in [-0.3, -0.25) is 9.59 Å². The van der Waals surface area contributed by atoms with Crippen LogP contribution in [-0.2, 0) is 9.53 Å². The van der Waals surface area contributed by atoms with Gasteiger partial charge in [-0.2, -0.15) is 0 Å². The van der Waals surface area contributed by atoms with Crippen molar-refractivity contribution in [2.45, 2.75) is 24.9 Å². The minimum atomic E-state index is 0.0361. The van der Waals surface area contributed by atoms with E-state index in [2.05, 4.69) is 0 Å². The van der Waals surface area contributed by atoms with Crippen molar-refractivity contribution >= 4 is 23.2 Å². The number of amides is 2. The molecular weight excluding hydrogens is 276 g/mol. The first-order chi connectivity index (χ1) is 9.72. The number of rotatable bonds is 4. The quantitative estimate of drug-likeness (QED) is 0.838. The van der Waals surface area contributed by atoms with Gasteiger partial charge in [0.1, 0.15) is 0 Å². The average Bonchev–Trinajstić information content (AvgIpc) is 3.12. The predicted molar refractivity (Wildman–Crippen MR) is 75.8 cm³/mol. The molecule has 0 bridgehead atoms. The largest absolute Gasteiger partial charge is 0.383 e. The van der Waals surface area contributed by atoms with Crippen LogP contribution in [0.25, 0.3) is 0 Å². The third kappa shape index (κ3) is 2.23. The van der Waals surface area contributed by atoms with Gasteiger partial charge < -0.3 is 14.5 Å². The fraction of sp³-hybridized carbons (Fsp3) is 0.571. The summed E-state index contributed by atoms with van der Waals surface area (Å²) in [5.41, 5.74) is 0. The number of hydrogen-bond acceptors (Lipinski definition) is 4. The molecule has 5 nitrogen and oxygen atoms in total. The normalized spacial score (nSPS) is 25.4. The van der Waals surface area contributed by atoms with E-state index in [-0.39, 0.29) is 23.9 Å². The Hall–Kier alpha value is -1.40. The lowest BCUT2D eigenvalue weighted by molar-refractivity contribution is -0.129. The zero-order valence-corrected chi connectivity index (χ0v) is 12.3. The van der Waals surface area contributed by atoms with Crippen LogP contribution in [0, 0.1) is 0 Å². The van der Waals surface area contributed by atoms with Gasteiger partial charge in [-0.25, -0.2) is 0 Å². The molecule has 0 saturated carbocycles. The molecule has 0 spiro atoms. The van der Waals surface area contributed by atoms with E-state index in [1.54, 1.807) is 7.11 Å². The first kappa shape index (κ1) is 13.6. The fourth-order valence-electron chi connectivity index (χ4n) is 3.20. The SMILES string of the molecule is COCCN1C(=O)C[C@H]2[C@H]1CCN2C(=O)c1cccs1. The minimum absolute atomic E-state index is 0.0361. The van der Waals surface area contributed by atoms with Crippen LogP contribution in [0.3, 0.4) is 0 Å². The Labute approximate surface area is 122 Å². The molecule has 0 radical (unpaired) electrons. The molecule has 0 N–H and O–H groups in total. The molecule has 1 aromatic heterocycles. The van der Waals surface area contributed by atoms with Crippen LogP contribution in [0.1, 0.15) is 22.5 Å². The van der Waals surface area contributed by atoms with E-state index in [1.165, 1.54) is 11.3 Å². The Bertz CT molecular complexity index is 503. The zero-order valence-electron chi connectivity index (χ0n) is 11.4. The van der Waals surface area contributed by atoms with E-state index < -0.39 is 0 Å². The van der Waals surface area contributed by atoms with Gasteiger partial charge in [0, 0.05) is 26.6 Å². The summed E-state index contributed by atoms with van der Waals surface area (Å²) in [5, 5.41) is 1.91. The molecule has 3 heterocycles. The molecule has 6 heteroatoms. The van der Waals surface area contributed by atoms with Crippen molar-refractivity contribution in [2.24, 2.45) is 0 Å². The second-order valence-electron chi connectivity index (χ2n) is 5.18. The van der Waals surface area contributed by atoms with Gasteiger partial charge in [-0.05, 0) is 17.9 Å². The van der Waals surface area contributed by atoms with Crippen LogP contribution in [0.4, 0.5) is 0 Å². The molecule has 3 rings (SSSR count). The number of ether oxygens (including phenoxy) is 1. The lowest BCUT2D eigenvalue weighted by Gasteiger charge is -2.25. The van der Waals surface area contributed by atoms with E-state index in [0.717, 1.165) is 17.8 Å². The molecule has 2 amide bonds. The van der Waals surface area contributed by atoms with E-state index in [0.29, 0.717) is 19.6 Å². The summed E-state index contributed by atoms with van der Waals surface area (Å²) in [4.78, 5) is 29.1. The van der Waals surface area contributed by atoms with Gasteiger partial charge in [0.25, 0.3) is 5.91 Å². The smallest absolute Gasteiger partial charge is 0.264 e. The fourth-order valence-corrected chi connectivity index (χ4v) is 3.88. The first-order valence-corrected chi connectivity index (χ1v) is 7.73. The Morgan fingerprint density at radius 3 is 3.05 bits per heavy atom. The maximum Gasteiger partial charge on any atom is 0.264 e. The summed E-state index contributed by atoms with van der Waals surface area (Å²) < 4.78 is 5.06. The number of carbonyl (C=O) groups is 2. The molecule has 2 saturated heterocycles. The van der Waals surface area contributed by atoms with Gasteiger partial charge >= 0.3 is 0 Å². The van der Waals surface area contributed by atoms with Gasteiger partial charge in [0.2, 0.25) is 5.91 Å². The predicted octanol–water partition coefficient (Wildman–Crippen LogP) is 1.21. The van der Waals surface area contributed by atoms with Gasteiger partial charge in [-0.1, -0.05) is 6.07 Å². The molecule has 2 aliphatic heterocycles. The molecule has 0 unspecified atom stereocenters. The van der Waals surface area contributed by atoms with Crippen molar-refractivity contribution in [2.75, 3.05) is 26.8 Å². The standard InChI is InChI=1S/C14H18N2O3S/c1-19-7-6-15-10-4-5-16(11(10)9-13(15)17)14(18)12-3-2-8-20-12/h2-3,8,10-11H,4-7,9H2,1H3/t10-,11+/m1/s1. The molecule has 0 aliphatic carbocycles. The highest BCUT2D eigenvalue weighted by molar-refractivity contribution is 7.12. The highest BCUT2D eigenvalue weighted by Gasteiger charge is 2.48. The molecule has 1 aromatic rings. The number of methoxy groups -OCH3 is 1. The number of likely N-dealkylation sites (tertiary alicyclic amines) is 2. The van der Waals surface area contributed by atoms with Crippen LogP contribution in [0.2, 0.25) is 0 Å². The molecule has 2 aliphatic rings. The van der Waals surface area contributed by atoms with E-state index >= 15 is 0 Å². The summed E-state index contributed by atoms with van der Waals surface area (Å²) in [6.45, 7) is 1.91. The summed E-state index contributed by atoms with van der Waals surface area (Å²) in [5.74, 6) is 0.203. The maximum absolute atomic E-state index is 12.5. The lowest BCUT2D eigenvalue weighted by Crippen LogP contribution is -2.40. The summed E-state index contributed by atoms with van der Waals surface area (Å²) in [6.07, 6.45) is 1.32. The van der Waals surface area contributed by atoms with Crippen molar-refractivity contribution in [1.29, 1.82) is 0 Å². The molecule has 108 valence electrons. The molecule has 20 heavy (non-hydrogen) atoms. The number of nitrogens with zero attached hydrogens (tertiary/aromatic N) is 2. The van der Waals surface area contributed by atoms with Crippen LogP contribution in [0.5, 0.6) is 0 Å². The number of hydrogen-bond donors (Lipinski definition) is 0. The van der Waals surface area contributed by atoms with Crippen molar-refractivity contribution < 1.29 is 14.3 Å².